The van der Waals surface area contributed by atoms with Crippen LogP contribution in [0.15, 0.2) is 12.1 Å². The average Bonchev–Trinajstić information content (AvgIpc) is 2.77. The molecule has 2 heterocycles. The van der Waals surface area contributed by atoms with Crippen molar-refractivity contribution in [3.05, 3.63) is 28.0 Å². The molecular weight excluding hydrogens is 275 g/mol. The van der Waals surface area contributed by atoms with Gasteiger partial charge in [0.2, 0.25) is 0 Å². The molecule has 0 aromatic carbocycles. The van der Waals surface area contributed by atoms with E-state index in [0.717, 1.165) is 12.8 Å². The monoisotopic (exact) mass is 288 g/mol. The molecule has 4 nitrogen and oxygen atoms in total. The maximum absolute atomic E-state index is 12.2. The van der Waals surface area contributed by atoms with Crippen molar-refractivity contribution >= 4 is 29.1 Å². The SMILES string of the molecule is O=C(c1ccc(Cl)nc1Cl)N1CCC(CCO)C1. The van der Waals surface area contributed by atoms with Crippen LogP contribution in [0.1, 0.15) is 23.2 Å². The summed E-state index contributed by atoms with van der Waals surface area (Å²) in [5.74, 6) is 0.252. The van der Waals surface area contributed by atoms with Gasteiger partial charge in [-0.3, -0.25) is 4.79 Å². The van der Waals surface area contributed by atoms with Crippen molar-refractivity contribution in [2.75, 3.05) is 19.7 Å². The highest BCUT2D eigenvalue weighted by molar-refractivity contribution is 6.34. The van der Waals surface area contributed by atoms with Crippen molar-refractivity contribution in [2.45, 2.75) is 12.8 Å². The quantitative estimate of drug-likeness (QED) is 0.868. The van der Waals surface area contributed by atoms with Gasteiger partial charge in [0.15, 0.2) is 0 Å². The average molecular weight is 289 g/mol. The van der Waals surface area contributed by atoms with Crippen molar-refractivity contribution in [2.24, 2.45) is 5.92 Å². The Morgan fingerprint density at radius 3 is 2.94 bits per heavy atom. The van der Waals surface area contributed by atoms with Crippen LogP contribution in [0.5, 0.6) is 0 Å². The Labute approximate surface area is 116 Å². The van der Waals surface area contributed by atoms with Crippen LogP contribution in [0, 0.1) is 5.92 Å². The Bertz CT molecular complexity index is 454. The van der Waals surface area contributed by atoms with Gasteiger partial charge in [0.25, 0.3) is 5.91 Å². The van der Waals surface area contributed by atoms with Crippen LogP contribution in [-0.2, 0) is 0 Å². The second kappa shape index (κ2) is 5.87. The topological polar surface area (TPSA) is 53.4 Å². The summed E-state index contributed by atoms with van der Waals surface area (Å²) < 4.78 is 0. The third kappa shape index (κ3) is 2.94. The van der Waals surface area contributed by atoms with Crippen molar-refractivity contribution in [1.29, 1.82) is 0 Å². The Morgan fingerprint density at radius 2 is 2.28 bits per heavy atom. The van der Waals surface area contributed by atoms with Crippen molar-refractivity contribution < 1.29 is 9.90 Å². The molecule has 1 aliphatic rings. The number of aliphatic hydroxyl groups is 1. The second-order valence-electron chi connectivity index (χ2n) is 4.39. The van der Waals surface area contributed by atoms with Crippen LogP contribution in [-0.4, -0.2) is 40.6 Å². The van der Waals surface area contributed by atoms with E-state index in [1.54, 1.807) is 17.0 Å². The fraction of sp³-hybridized carbons (Fsp3) is 0.500. The molecule has 1 saturated heterocycles. The number of hydrogen-bond acceptors (Lipinski definition) is 3. The van der Waals surface area contributed by atoms with Gasteiger partial charge < -0.3 is 10.0 Å². The second-order valence-corrected chi connectivity index (χ2v) is 5.14. The number of carbonyl (C=O) groups excluding carboxylic acids is 1. The molecule has 1 unspecified atom stereocenters. The summed E-state index contributed by atoms with van der Waals surface area (Å²) in [6.07, 6.45) is 1.65. The van der Waals surface area contributed by atoms with Crippen LogP contribution >= 0.6 is 23.2 Å². The van der Waals surface area contributed by atoms with Gasteiger partial charge in [-0.1, -0.05) is 23.2 Å². The van der Waals surface area contributed by atoms with E-state index in [-0.39, 0.29) is 22.8 Å². The fourth-order valence-corrected chi connectivity index (χ4v) is 2.60. The maximum atomic E-state index is 12.2. The minimum Gasteiger partial charge on any atom is -0.396 e. The molecule has 18 heavy (non-hydrogen) atoms. The predicted octanol–water partition coefficient (Wildman–Crippen LogP) is 2.23. The Balaban J connectivity index is 2.08. The maximum Gasteiger partial charge on any atom is 0.256 e. The summed E-state index contributed by atoms with van der Waals surface area (Å²) in [5, 5.41) is 9.31. The number of carbonyl (C=O) groups is 1. The Kier molecular flexibility index (Phi) is 4.43. The van der Waals surface area contributed by atoms with Gasteiger partial charge in [-0.25, -0.2) is 4.98 Å². The van der Waals surface area contributed by atoms with Gasteiger partial charge in [-0.2, -0.15) is 0 Å². The molecule has 1 aromatic rings. The molecule has 0 bridgehead atoms. The van der Waals surface area contributed by atoms with E-state index in [0.29, 0.717) is 24.6 Å². The molecule has 2 rings (SSSR count). The highest BCUT2D eigenvalue weighted by Crippen LogP contribution is 2.24. The van der Waals surface area contributed by atoms with Gasteiger partial charge >= 0.3 is 0 Å². The largest absolute Gasteiger partial charge is 0.396 e. The molecule has 0 spiro atoms. The molecule has 1 N–H and O–H groups in total. The normalized spacial score (nSPS) is 19.3. The lowest BCUT2D eigenvalue weighted by Gasteiger charge is -2.16. The van der Waals surface area contributed by atoms with Gasteiger partial charge in [-0.15, -0.1) is 0 Å². The fourth-order valence-electron chi connectivity index (χ4n) is 2.18. The minimum atomic E-state index is -0.121. The lowest BCUT2D eigenvalue weighted by atomic mass is 10.1. The van der Waals surface area contributed by atoms with E-state index in [4.69, 9.17) is 28.3 Å². The summed E-state index contributed by atoms with van der Waals surface area (Å²) in [6, 6.07) is 3.15. The van der Waals surface area contributed by atoms with Gasteiger partial charge in [0.1, 0.15) is 10.3 Å². The summed E-state index contributed by atoms with van der Waals surface area (Å²) in [6.45, 7) is 1.52. The zero-order chi connectivity index (χ0) is 13.1. The molecule has 1 atom stereocenters. The zero-order valence-corrected chi connectivity index (χ0v) is 11.3. The van der Waals surface area contributed by atoms with Crippen LogP contribution in [0.25, 0.3) is 0 Å². The van der Waals surface area contributed by atoms with E-state index >= 15 is 0 Å². The predicted molar refractivity (Wildman–Crippen MR) is 70.0 cm³/mol. The minimum absolute atomic E-state index is 0.121. The number of rotatable bonds is 3. The third-order valence-electron chi connectivity index (χ3n) is 3.16. The first-order valence-electron chi connectivity index (χ1n) is 5.84. The summed E-state index contributed by atoms with van der Waals surface area (Å²) >= 11 is 11.6. The molecule has 1 aliphatic heterocycles. The summed E-state index contributed by atoms with van der Waals surface area (Å²) in [5.41, 5.74) is 0.380. The van der Waals surface area contributed by atoms with Crippen LogP contribution in [0.3, 0.4) is 0 Å². The van der Waals surface area contributed by atoms with E-state index in [9.17, 15) is 4.79 Å². The molecule has 0 saturated carbocycles. The lowest BCUT2D eigenvalue weighted by Crippen LogP contribution is -2.29. The first-order valence-corrected chi connectivity index (χ1v) is 6.59. The number of nitrogens with zero attached hydrogens (tertiary/aromatic N) is 2. The summed E-state index contributed by atoms with van der Waals surface area (Å²) in [4.78, 5) is 17.8. The van der Waals surface area contributed by atoms with E-state index in [1.807, 2.05) is 0 Å². The number of pyridine rings is 1. The molecule has 1 aromatic heterocycles. The van der Waals surface area contributed by atoms with E-state index in [2.05, 4.69) is 4.98 Å². The lowest BCUT2D eigenvalue weighted by molar-refractivity contribution is 0.0784. The van der Waals surface area contributed by atoms with Crippen molar-refractivity contribution in [3.63, 3.8) is 0 Å². The molecule has 1 fully saturated rings. The highest BCUT2D eigenvalue weighted by atomic mass is 35.5. The Hall–Kier alpha value is -0.840. The van der Waals surface area contributed by atoms with E-state index in [1.165, 1.54) is 0 Å². The standard InChI is InChI=1S/C12H14Cl2N2O2/c13-10-2-1-9(11(14)15-10)12(18)16-5-3-8(7-16)4-6-17/h1-2,8,17H,3-7H2. The highest BCUT2D eigenvalue weighted by Gasteiger charge is 2.27. The molecule has 0 radical (unpaired) electrons. The molecule has 6 heteroatoms. The number of halogens is 2. The Morgan fingerprint density at radius 1 is 1.50 bits per heavy atom. The van der Waals surface area contributed by atoms with E-state index < -0.39 is 0 Å². The summed E-state index contributed by atoms with van der Waals surface area (Å²) in [7, 11) is 0. The number of likely N-dealkylation sites (tertiary alicyclic amines) is 1. The molecule has 98 valence electrons. The molecular formula is C12H14Cl2N2O2. The number of aliphatic hydroxyl groups excluding tert-OH is 1. The van der Waals surface area contributed by atoms with Crippen LogP contribution in [0.2, 0.25) is 10.3 Å². The van der Waals surface area contributed by atoms with Gasteiger partial charge in [0.05, 0.1) is 5.56 Å². The molecule has 0 aliphatic carbocycles. The number of aromatic nitrogens is 1. The first kappa shape index (κ1) is 13.6. The third-order valence-corrected chi connectivity index (χ3v) is 3.65. The van der Waals surface area contributed by atoms with Gasteiger partial charge in [0, 0.05) is 19.7 Å². The first-order chi connectivity index (χ1) is 8.61. The van der Waals surface area contributed by atoms with Crippen LogP contribution in [0.4, 0.5) is 0 Å². The smallest absolute Gasteiger partial charge is 0.256 e. The zero-order valence-electron chi connectivity index (χ0n) is 9.77. The van der Waals surface area contributed by atoms with Crippen molar-refractivity contribution in [1.82, 2.24) is 9.88 Å². The molecule has 1 amide bonds. The van der Waals surface area contributed by atoms with Crippen LogP contribution < -0.4 is 0 Å². The van der Waals surface area contributed by atoms with Gasteiger partial charge in [-0.05, 0) is 30.9 Å². The number of amides is 1. The van der Waals surface area contributed by atoms with Crippen molar-refractivity contribution in [3.8, 4) is 0 Å². The number of hydrogen-bond donors (Lipinski definition) is 1.